The molecule has 61 heavy (non-hydrogen) atoms. The third kappa shape index (κ3) is 5.98. The molecule has 0 saturated heterocycles. The maximum absolute atomic E-state index is 16.1. The van der Waals surface area contributed by atoms with Gasteiger partial charge in [-0.15, -0.1) is 0 Å². The largest absolute Gasteiger partial charge is 0.417 e. The molecule has 0 spiro atoms. The van der Waals surface area contributed by atoms with Crippen molar-refractivity contribution in [2.24, 2.45) is 0 Å². The number of nitrogens with zero attached hydrogens (tertiary/aromatic N) is 5. The summed E-state index contributed by atoms with van der Waals surface area (Å²) in [5.74, 6) is 1.05. The summed E-state index contributed by atoms with van der Waals surface area (Å²) in [6.07, 6.45) is -4.75. The van der Waals surface area contributed by atoms with Crippen molar-refractivity contribution in [2.45, 2.75) is 13.1 Å². The summed E-state index contributed by atoms with van der Waals surface area (Å²) in [6, 6.07) is 59.2. The summed E-state index contributed by atoms with van der Waals surface area (Å²) in [4.78, 5) is 15.2. The lowest BCUT2D eigenvalue weighted by Crippen LogP contribution is -2.12. The van der Waals surface area contributed by atoms with Crippen molar-refractivity contribution >= 4 is 43.6 Å². The maximum atomic E-state index is 16.1. The molecule has 0 aliphatic rings. The summed E-state index contributed by atoms with van der Waals surface area (Å²) in [6.45, 7) is 2.05. The number of alkyl halides is 3. The van der Waals surface area contributed by atoms with Crippen LogP contribution in [0.1, 0.15) is 11.1 Å². The lowest BCUT2D eigenvalue weighted by molar-refractivity contribution is -0.137. The first kappa shape index (κ1) is 36.3. The summed E-state index contributed by atoms with van der Waals surface area (Å²) in [7, 11) is 0. The molecule has 0 bridgehead atoms. The molecule has 5 nitrogen and oxygen atoms in total. The number of para-hydroxylation sites is 3. The van der Waals surface area contributed by atoms with Gasteiger partial charge >= 0.3 is 6.18 Å². The molecule has 0 aliphatic heterocycles. The second-order valence-corrected chi connectivity index (χ2v) is 15.2. The van der Waals surface area contributed by atoms with Gasteiger partial charge in [0.25, 0.3) is 0 Å². The molecule has 8 aromatic carbocycles. The number of halogens is 3. The third-order valence-electron chi connectivity index (χ3n) is 11.5. The molecule has 0 unspecified atom stereocenters. The molecular weight excluding hydrogens is 764 g/mol. The number of rotatable bonds is 6. The number of hydrogen-bond acceptors (Lipinski definition) is 3. The van der Waals surface area contributed by atoms with Gasteiger partial charge in [-0.2, -0.15) is 13.2 Å². The standard InChI is InChI=1S/C53H34F3N5/c1-33-30-31-45-40(32-33)38-22-10-13-27-44(38)61(45)46-28-14-23-39(52-58-50(34-16-4-2-5-17-34)57-51(59-52)35-18-6-3-7-19-35)48(46)49-41(53(54,55)56)24-15-29-47(49)60-42-25-11-8-20-36(42)37-21-9-12-26-43(37)60/h2-32H,1H3. The van der Waals surface area contributed by atoms with Crippen molar-refractivity contribution in [3.63, 3.8) is 0 Å². The SMILES string of the molecule is Cc1ccc2c(c1)c1ccccc1n2-c1cccc(-c2nc(-c3ccccc3)nc(-c3ccccc3)n2)c1-c1c(-n2c3ccccc3c3ccccc32)cccc1C(F)(F)F. The van der Waals surface area contributed by atoms with Crippen LogP contribution in [0.15, 0.2) is 188 Å². The Hall–Kier alpha value is -7.84. The molecule has 0 saturated carbocycles. The Morgan fingerprint density at radius 3 is 1.38 bits per heavy atom. The summed E-state index contributed by atoms with van der Waals surface area (Å²) in [5.41, 5.74) is 6.77. The van der Waals surface area contributed by atoms with Gasteiger partial charge in [-0.1, -0.05) is 145 Å². The summed E-state index contributed by atoms with van der Waals surface area (Å²) < 4.78 is 52.2. The highest BCUT2D eigenvalue weighted by molar-refractivity contribution is 6.12. The molecule has 0 radical (unpaired) electrons. The van der Waals surface area contributed by atoms with Gasteiger partial charge in [0.15, 0.2) is 17.5 Å². The van der Waals surface area contributed by atoms with E-state index in [2.05, 4.69) is 22.8 Å². The van der Waals surface area contributed by atoms with Crippen LogP contribution in [0.5, 0.6) is 0 Å². The number of benzene rings is 8. The minimum absolute atomic E-state index is 0.00748. The van der Waals surface area contributed by atoms with Gasteiger partial charge < -0.3 is 9.13 Å². The first-order valence-electron chi connectivity index (χ1n) is 20.0. The Morgan fingerprint density at radius 1 is 0.393 bits per heavy atom. The second kappa shape index (κ2) is 14.2. The molecule has 3 heterocycles. The van der Waals surface area contributed by atoms with Gasteiger partial charge in [-0.3, -0.25) is 0 Å². The Labute approximate surface area is 348 Å². The van der Waals surface area contributed by atoms with E-state index in [0.29, 0.717) is 34.2 Å². The number of aromatic nitrogens is 5. The van der Waals surface area contributed by atoms with E-state index in [1.165, 1.54) is 12.1 Å². The molecule has 3 aromatic heterocycles. The normalized spacial score (nSPS) is 11.9. The summed E-state index contributed by atoms with van der Waals surface area (Å²) >= 11 is 0. The van der Waals surface area contributed by atoms with E-state index in [4.69, 9.17) is 15.0 Å². The minimum atomic E-state index is -4.75. The highest BCUT2D eigenvalue weighted by Crippen LogP contribution is 2.49. The topological polar surface area (TPSA) is 48.5 Å². The van der Waals surface area contributed by atoms with Crippen LogP contribution in [0.4, 0.5) is 13.2 Å². The second-order valence-electron chi connectivity index (χ2n) is 15.2. The third-order valence-corrected chi connectivity index (χ3v) is 11.5. The van der Waals surface area contributed by atoms with E-state index in [9.17, 15) is 0 Å². The minimum Gasteiger partial charge on any atom is -0.309 e. The molecule has 0 fully saturated rings. The van der Waals surface area contributed by atoms with Crippen LogP contribution in [-0.2, 0) is 6.18 Å². The van der Waals surface area contributed by atoms with Crippen LogP contribution in [0, 0.1) is 6.92 Å². The Kier molecular flexibility index (Phi) is 8.42. The van der Waals surface area contributed by atoms with Crippen LogP contribution in [0.25, 0.3) is 100 Å². The molecular formula is C53H34F3N5. The zero-order valence-corrected chi connectivity index (χ0v) is 32.8. The Balaban J connectivity index is 1.34. The monoisotopic (exact) mass is 797 g/mol. The molecule has 0 N–H and O–H groups in total. The zero-order chi connectivity index (χ0) is 41.2. The number of fused-ring (bicyclic) bond motifs is 6. The van der Waals surface area contributed by atoms with Gasteiger partial charge in [0.1, 0.15) is 0 Å². The average Bonchev–Trinajstić information content (AvgIpc) is 3.81. The van der Waals surface area contributed by atoms with Gasteiger partial charge in [-0.25, -0.2) is 15.0 Å². The van der Waals surface area contributed by atoms with E-state index in [1.807, 2.05) is 163 Å². The van der Waals surface area contributed by atoms with Crippen LogP contribution < -0.4 is 0 Å². The fourth-order valence-electron chi connectivity index (χ4n) is 8.86. The fraction of sp³-hybridized carbons (Fsp3) is 0.0377. The van der Waals surface area contributed by atoms with E-state index in [1.54, 1.807) is 6.07 Å². The lowest BCUT2D eigenvalue weighted by Gasteiger charge is -2.24. The van der Waals surface area contributed by atoms with E-state index >= 15 is 13.2 Å². The zero-order valence-electron chi connectivity index (χ0n) is 32.8. The molecule has 0 amide bonds. The van der Waals surface area contributed by atoms with E-state index < -0.39 is 11.7 Å². The molecule has 0 atom stereocenters. The van der Waals surface area contributed by atoms with Crippen molar-refractivity contribution in [1.82, 2.24) is 24.1 Å². The molecule has 11 rings (SSSR count). The van der Waals surface area contributed by atoms with Crippen LogP contribution >= 0.6 is 0 Å². The summed E-state index contributed by atoms with van der Waals surface area (Å²) in [5, 5.41) is 3.86. The predicted molar refractivity (Wildman–Crippen MR) is 240 cm³/mol. The fourth-order valence-corrected chi connectivity index (χ4v) is 8.86. The molecule has 8 heteroatoms. The van der Waals surface area contributed by atoms with E-state index in [0.717, 1.165) is 60.3 Å². The highest BCUT2D eigenvalue weighted by atomic mass is 19.4. The smallest absolute Gasteiger partial charge is 0.309 e. The first-order valence-corrected chi connectivity index (χ1v) is 20.0. The van der Waals surface area contributed by atoms with Crippen LogP contribution in [0.3, 0.4) is 0 Å². The van der Waals surface area contributed by atoms with Crippen LogP contribution in [0.2, 0.25) is 0 Å². The van der Waals surface area contributed by atoms with E-state index in [-0.39, 0.29) is 11.4 Å². The van der Waals surface area contributed by atoms with Gasteiger partial charge in [-0.05, 0) is 55.5 Å². The van der Waals surface area contributed by atoms with Crippen LogP contribution in [-0.4, -0.2) is 24.1 Å². The van der Waals surface area contributed by atoms with Gasteiger partial charge in [0, 0.05) is 49.4 Å². The molecule has 0 aliphatic carbocycles. The van der Waals surface area contributed by atoms with Gasteiger partial charge in [0.2, 0.25) is 0 Å². The van der Waals surface area contributed by atoms with Crippen molar-refractivity contribution in [2.75, 3.05) is 0 Å². The lowest BCUT2D eigenvalue weighted by atomic mass is 9.90. The number of aryl methyl sites for hydroxylation is 1. The quantitative estimate of drug-likeness (QED) is 0.168. The van der Waals surface area contributed by atoms with Crippen molar-refractivity contribution in [3.05, 3.63) is 199 Å². The average molecular weight is 798 g/mol. The van der Waals surface area contributed by atoms with Crippen molar-refractivity contribution in [1.29, 1.82) is 0 Å². The molecule has 292 valence electrons. The first-order chi connectivity index (χ1) is 29.8. The predicted octanol–water partition coefficient (Wildman–Crippen LogP) is 14.1. The van der Waals surface area contributed by atoms with Crippen molar-refractivity contribution in [3.8, 4) is 56.7 Å². The molecule has 11 aromatic rings. The number of hydrogen-bond donors (Lipinski definition) is 0. The highest BCUT2D eigenvalue weighted by Gasteiger charge is 2.37. The maximum Gasteiger partial charge on any atom is 0.417 e. The van der Waals surface area contributed by atoms with Crippen molar-refractivity contribution < 1.29 is 13.2 Å². The Bertz CT molecular complexity index is 3370. The van der Waals surface area contributed by atoms with Gasteiger partial charge in [0.05, 0.1) is 39.0 Å². The Morgan fingerprint density at radius 2 is 0.836 bits per heavy atom.